The molecule has 0 amide bonds. The van der Waals surface area contributed by atoms with E-state index in [9.17, 15) is 0 Å². The minimum Gasteiger partial charge on any atom is -0.316 e. The van der Waals surface area contributed by atoms with Crippen LogP contribution in [0, 0.1) is 0 Å². The van der Waals surface area contributed by atoms with Crippen molar-refractivity contribution in [2.45, 2.75) is 18.9 Å². The van der Waals surface area contributed by atoms with Gasteiger partial charge in [-0.2, -0.15) is 0 Å². The number of halogens is 1. The standard InChI is InChI=1S/C12H17BrN2O/c1-15-5-4-10(8-15)11-3-2-9(7-14-16)6-12(11)13/h2-3,6,10,14,16H,4-5,7-8H2,1H3. The van der Waals surface area contributed by atoms with Gasteiger partial charge in [0.05, 0.1) is 0 Å². The quantitative estimate of drug-likeness (QED) is 0.837. The molecule has 2 rings (SSSR count). The van der Waals surface area contributed by atoms with Crippen LogP contribution in [0.2, 0.25) is 0 Å². The van der Waals surface area contributed by atoms with Crippen LogP contribution in [0.25, 0.3) is 0 Å². The van der Waals surface area contributed by atoms with E-state index in [1.807, 2.05) is 0 Å². The number of rotatable bonds is 3. The van der Waals surface area contributed by atoms with Crippen LogP contribution in [-0.2, 0) is 6.54 Å². The Kier molecular flexibility index (Phi) is 3.97. The van der Waals surface area contributed by atoms with Gasteiger partial charge in [-0.05, 0) is 43.1 Å². The first-order valence-corrected chi connectivity index (χ1v) is 6.34. The minimum atomic E-state index is 0.490. The lowest BCUT2D eigenvalue weighted by molar-refractivity contribution is 0.161. The molecule has 2 N–H and O–H groups in total. The Bertz CT molecular complexity index is 370. The molecule has 1 heterocycles. The van der Waals surface area contributed by atoms with Gasteiger partial charge in [0.1, 0.15) is 0 Å². The highest BCUT2D eigenvalue weighted by molar-refractivity contribution is 9.10. The molecule has 1 aromatic rings. The predicted molar refractivity (Wildman–Crippen MR) is 67.6 cm³/mol. The first-order valence-electron chi connectivity index (χ1n) is 5.54. The van der Waals surface area contributed by atoms with Crippen molar-refractivity contribution in [1.29, 1.82) is 0 Å². The summed E-state index contributed by atoms with van der Waals surface area (Å²) in [6.45, 7) is 2.80. The summed E-state index contributed by atoms with van der Waals surface area (Å²) in [6.07, 6.45) is 1.23. The van der Waals surface area contributed by atoms with Gasteiger partial charge in [-0.25, -0.2) is 5.48 Å². The number of benzene rings is 1. The fourth-order valence-electron chi connectivity index (χ4n) is 2.29. The van der Waals surface area contributed by atoms with Crippen molar-refractivity contribution in [3.63, 3.8) is 0 Å². The first kappa shape index (κ1) is 12.0. The number of hydroxylamine groups is 1. The predicted octanol–water partition coefficient (Wildman–Crippen LogP) is 2.35. The Morgan fingerprint density at radius 1 is 1.56 bits per heavy atom. The van der Waals surface area contributed by atoms with Crippen LogP contribution < -0.4 is 5.48 Å². The molecule has 88 valence electrons. The van der Waals surface area contributed by atoms with Crippen molar-refractivity contribution in [1.82, 2.24) is 10.4 Å². The van der Waals surface area contributed by atoms with Gasteiger partial charge in [-0.15, -0.1) is 0 Å². The van der Waals surface area contributed by atoms with Crippen LogP contribution in [0.5, 0.6) is 0 Å². The zero-order valence-corrected chi connectivity index (χ0v) is 11.0. The van der Waals surface area contributed by atoms with Crippen molar-refractivity contribution in [2.24, 2.45) is 0 Å². The lowest BCUT2D eigenvalue weighted by atomic mass is 9.97. The molecule has 4 heteroatoms. The van der Waals surface area contributed by atoms with E-state index in [-0.39, 0.29) is 0 Å². The maximum absolute atomic E-state index is 8.65. The Morgan fingerprint density at radius 3 is 2.94 bits per heavy atom. The van der Waals surface area contributed by atoms with Crippen LogP contribution in [0.15, 0.2) is 22.7 Å². The summed E-state index contributed by atoms with van der Waals surface area (Å²) in [5.74, 6) is 0.635. The van der Waals surface area contributed by atoms with E-state index >= 15 is 0 Å². The molecule has 0 radical (unpaired) electrons. The highest BCUT2D eigenvalue weighted by atomic mass is 79.9. The van der Waals surface area contributed by atoms with E-state index in [4.69, 9.17) is 5.21 Å². The Labute approximate surface area is 105 Å². The highest BCUT2D eigenvalue weighted by Gasteiger charge is 2.22. The maximum atomic E-state index is 8.65. The Morgan fingerprint density at radius 2 is 2.38 bits per heavy atom. The third-order valence-electron chi connectivity index (χ3n) is 3.18. The highest BCUT2D eigenvalue weighted by Crippen LogP contribution is 2.32. The molecule has 0 aromatic heterocycles. The molecule has 1 atom stereocenters. The third-order valence-corrected chi connectivity index (χ3v) is 3.87. The van der Waals surface area contributed by atoms with E-state index in [0.29, 0.717) is 12.5 Å². The molecule has 0 saturated carbocycles. The zero-order valence-electron chi connectivity index (χ0n) is 9.41. The van der Waals surface area contributed by atoms with Crippen LogP contribution in [0.4, 0.5) is 0 Å². The SMILES string of the molecule is CN1CCC(c2ccc(CNO)cc2Br)C1. The molecule has 1 aliphatic rings. The summed E-state index contributed by atoms with van der Waals surface area (Å²) in [6, 6.07) is 6.32. The monoisotopic (exact) mass is 284 g/mol. The van der Waals surface area contributed by atoms with E-state index in [2.05, 4.69) is 51.6 Å². The van der Waals surface area contributed by atoms with E-state index in [1.54, 1.807) is 0 Å². The van der Waals surface area contributed by atoms with E-state index in [0.717, 1.165) is 16.6 Å². The second-order valence-electron chi connectivity index (χ2n) is 4.44. The maximum Gasteiger partial charge on any atom is 0.0458 e. The van der Waals surface area contributed by atoms with Crippen molar-refractivity contribution >= 4 is 15.9 Å². The lowest BCUT2D eigenvalue weighted by Gasteiger charge is -2.13. The van der Waals surface area contributed by atoms with Crippen molar-refractivity contribution in [2.75, 3.05) is 20.1 Å². The van der Waals surface area contributed by atoms with Gasteiger partial charge in [-0.3, -0.25) is 0 Å². The zero-order chi connectivity index (χ0) is 11.5. The summed E-state index contributed by atoms with van der Waals surface area (Å²) < 4.78 is 1.15. The molecular weight excluding hydrogens is 268 g/mol. The number of hydrogen-bond acceptors (Lipinski definition) is 3. The van der Waals surface area contributed by atoms with Crippen molar-refractivity contribution in [3.05, 3.63) is 33.8 Å². The number of nitrogens with one attached hydrogen (secondary N) is 1. The van der Waals surface area contributed by atoms with Gasteiger partial charge in [0, 0.05) is 17.6 Å². The second-order valence-corrected chi connectivity index (χ2v) is 5.29. The van der Waals surface area contributed by atoms with Gasteiger partial charge >= 0.3 is 0 Å². The average Bonchev–Trinajstić information content (AvgIpc) is 2.65. The number of likely N-dealkylation sites (N-methyl/N-ethyl adjacent to an activating group) is 1. The van der Waals surface area contributed by atoms with Crippen LogP contribution in [0.3, 0.4) is 0 Å². The number of likely N-dealkylation sites (tertiary alicyclic amines) is 1. The van der Waals surface area contributed by atoms with Gasteiger partial charge in [0.15, 0.2) is 0 Å². The van der Waals surface area contributed by atoms with Gasteiger partial charge in [0.25, 0.3) is 0 Å². The third kappa shape index (κ3) is 2.63. The number of nitrogens with zero attached hydrogens (tertiary/aromatic N) is 1. The van der Waals surface area contributed by atoms with Gasteiger partial charge in [-0.1, -0.05) is 28.1 Å². The molecule has 0 bridgehead atoms. The summed E-state index contributed by atoms with van der Waals surface area (Å²) >= 11 is 3.62. The summed E-state index contributed by atoms with van der Waals surface area (Å²) in [5, 5.41) is 8.65. The van der Waals surface area contributed by atoms with Crippen LogP contribution >= 0.6 is 15.9 Å². The second kappa shape index (κ2) is 5.27. The fourth-order valence-corrected chi connectivity index (χ4v) is 3.04. The lowest BCUT2D eigenvalue weighted by Crippen LogP contribution is -2.13. The molecule has 1 aliphatic heterocycles. The molecule has 1 aromatic carbocycles. The van der Waals surface area contributed by atoms with Crippen molar-refractivity contribution in [3.8, 4) is 0 Å². The molecule has 3 nitrogen and oxygen atoms in total. The molecule has 1 saturated heterocycles. The smallest absolute Gasteiger partial charge is 0.0458 e. The van der Waals surface area contributed by atoms with E-state index < -0.39 is 0 Å². The normalized spacial score (nSPS) is 21.6. The van der Waals surface area contributed by atoms with Gasteiger partial charge < -0.3 is 10.1 Å². The molecule has 0 aliphatic carbocycles. The molecule has 1 unspecified atom stereocenters. The fraction of sp³-hybridized carbons (Fsp3) is 0.500. The van der Waals surface area contributed by atoms with Crippen LogP contribution in [0.1, 0.15) is 23.5 Å². The van der Waals surface area contributed by atoms with E-state index in [1.165, 1.54) is 18.5 Å². The summed E-state index contributed by atoms with van der Waals surface area (Å²) in [5.41, 5.74) is 4.65. The summed E-state index contributed by atoms with van der Waals surface area (Å²) in [4.78, 5) is 2.36. The molecule has 16 heavy (non-hydrogen) atoms. The first-order chi connectivity index (χ1) is 7.70. The molecule has 1 fully saturated rings. The Balaban J connectivity index is 2.16. The molecular formula is C12H17BrN2O. The molecule has 0 spiro atoms. The van der Waals surface area contributed by atoms with Crippen molar-refractivity contribution < 1.29 is 5.21 Å². The Hall–Kier alpha value is -0.420. The average molecular weight is 285 g/mol. The summed E-state index contributed by atoms with van der Waals surface area (Å²) in [7, 11) is 2.16. The van der Waals surface area contributed by atoms with Crippen LogP contribution in [-0.4, -0.2) is 30.2 Å². The largest absolute Gasteiger partial charge is 0.316 e. The van der Waals surface area contributed by atoms with Gasteiger partial charge in [0.2, 0.25) is 0 Å². The topological polar surface area (TPSA) is 35.5 Å². The minimum absolute atomic E-state index is 0.490. The number of hydrogen-bond donors (Lipinski definition) is 2.